The van der Waals surface area contributed by atoms with Crippen molar-refractivity contribution >= 4 is 27.6 Å². The molecular formula is C11H14ClNO6S. The number of methoxy groups -OCH3 is 1. The summed E-state index contributed by atoms with van der Waals surface area (Å²) in [5.41, 5.74) is 0. The highest BCUT2D eigenvalue weighted by molar-refractivity contribution is 7.89. The molecule has 0 aromatic heterocycles. The summed E-state index contributed by atoms with van der Waals surface area (Å²) in [5, 5.41) is 18.5. The fraction of sp³-hybridized carbons (Fsp3) is 0.364. The molecule has 2 atom stereocenters. The molecule has 0 spiro atoms. The zero-order valence-corrected chi connectivity index (χ0v) is 12.3. The zero-order chi connectivity index (χ0) is 15.5. The minimum absolute atomic E-state index is 0.0280. The van der Waals surface area contributed by atoms with Crippen LogP contribution in [-0.4, -0.2) is 43.9 Å². The lowest BCUT2D eigenvalue weighted by Gasteiger charge is -2.18. The summed E-state index contributed by atoms with van der Waals surface area (Å²) in [7, 11) is -2.93. The van der Waals surface area contributed by atoms with Crippen LogP contribution in [0.15, 0.2) is 23.1 Å². The van der Waals surface area contributed by atoms with E-state index in [1.165, 1.54) is 32.2 Å². The number of halogens is 1. The molecule has 0 fully saturated rings. The van der Waals surface area contributed by atoms with Crippen LogP contribution in [0.2, 0.25) is 5.02 Å². The number of carboxylic acid groups (broad SMARTS) is 1. The second-order valence-electron chi connectivity index (χ2n) is 3.97. The molecule has 1 aromatic rings. The van der Waals surface area contributed by atoms with E-state index < -0.39 is 28.1 Å². The van der Waals surface area contributed by atoms with Crippen LogP contribution in [0.1, 0.15) is 6.92 Å². The fourth-order valence-electron chi connectivity index (χ4n) is 1.45. The van der Waals surface area contributed by atoms with Crippen LogP contribution in [0.3, 0.4) is 0 Å². The standard InChI is InChI=1S/C11H14ClNO6S/c1-6(14)10(11(15)16)13-20(17,18)9-4-3-7(12)5-8(9)19-2/h3-6,10,13-14H,1-2H3,(H,15,16). The number of aliphatic hydroxyl groups is 1. The molecule has 1 rings (SSSR count). The van der Waals surface area contributed by atoms with Crippen molar-refractivity contribution in [3.05, 3.63) is 23.2 Å². The number of sulfonamides is 1. The van der Waals surface area contributed by atoms with Gasteiger partial charge in [0.1, 0.15) is 16.7 Å². The van der Waals surface area contributed by atoms with Crippen molar-refractivity contribution in [2.24, 2.45) is 0 Å². The summed E-state index contributed by atoms with van der Waals surface area (Å²) in [5.74, 6) is -1.52. The third-order valence-electron chi connectivity index (χ3n) is 2.45. The highest BCUT2D eigenvalue weighted by atomic mass is 35.5. The van der Waals surface area contributed by atoms with Crippen molar-refractivity contribution in [3.63, 3.8) is 0 Å². The fourth-order valence-corrected chi connectivity index (χ4v) is 3.02. The highest BCUT2D eigenvalue weighted by Crippen LogP contribution is 2.27. The van der Waals surface area contributed by atoms with E-state index in [1.54, 1.807) is 0 Å². The number of hydrogen-bond donors (Lipinski definition) is 3. The Kier molecular flexibility index (Phi) is 5.35. The number of nitrogens with one attached hydrogen (secondary N) is 1. The molecule has 1 aromatic carbocycles. The van der Waals surface area contributed by atoms with Crippen molar-refractivity contribution in [3.8, 4) is 5.75 Å². The topological polar surface area (TPSA) is 113 Å². The van der Waals surface area contributed by atoms with Crippen LogP contribution in [0.5, 0.6) is 5.75 Å². The second-order valence-corrected chi connectivity index (χ2v) is 6.09. The number of aliphatic carboxylic acids is 1. The van der Waals surface area contributed by atoms with Crippen LogP contribution in [0, 0.1) is 0 Å². The number of hydrogen-bond acceptors (Lipinski definition) is 5. The normalized spacial score (nSPS) is 14.6. The number of rotatable bonds is 6. The van der Waals surface area contributed by atoms with Gasteiger partial charge in [0, 0.05) is 11.1 Å². The highest BCUT2D eigenvalue weighted by Gasteiger charge is 2.30. The average Bonchev–Trinajstić information content (AvgIpc) is 2.34. The predicted molar refractivity (Wildman–Crippen MR) is 71.4 cm³/mol. The van der Waals surface area contributed by atoms with Crippen molar-refractivity contribution in [2.75, 3.05) is 7.11 Å². The van der Waals surface area contributed by atoms with E-state index in [2.05, 4.69) is 0 Å². The third-order valence-corrected chi connectivity index (χ3v) is 4.16. The first-order chi connectivity index (χ1) is 9.19. The molecule has 2 unspecified atom stereocenters. The van der Waals surface area contributed by atoms with Crippen molar-refractivity contribution < 1.29 is 28.2 Å². The second kappa shape index (κ2) is 6.40. The van der Waals surface area contributed by atoms with E-state index in [0.717, 1.165) is 0 Å². The largest absolute Gasteiger partial charge is 0.495 e. The van der Waals surface area contributed by atoms with Gasteiger partial charge < -0.3 is 14.9 Å². The Morgan fingerprint density at radius 2 is 2.05 bits per heavy atom. The van der Waals surface area contributed by atoms with Gasteiger partial charge in [-0.1, -0.05) is 11.6 Å². The number of benzene rings is 1. The molecule has 0 radical (unpaired) electrons. The van der Waals surface area contributed by atoms with E-state index in [4.69, 9.17) is 21.4 Å². The zero-order valence-electron chi connectivity index (χ0n) is 10.7. The molecular weight excluding hydrogens is 310 g/mol. The van der Waals surface area contributed by atoms with Crippen LogP contribution in [0.25, 0.3) is 0 Å². The van der Waals surface area contributed by atoms with Gasteiger partial charge in [-0.05, 0) is 19.1 Å². The van der Waals surface area contributed by atoms with E-state index in [1.807, 2.05) is 4.72 Å². The molecule has 0 saturated heterocycles. The van der Waals surface area contributed by atoms with Crippen LogP contribution in [-0.2, 0) is 14.8 Å². The van der Waals surface area contributed by atoms with Crippen molar-refractivity contribution in [2.45, 2.75) is 24.0 Å². The molecule has 20 heavy (non-hydrogen) atoms. The Labute approximate surface area is 121 Å². The van der Waals surface area contributed by atoms with Gasteiger partial charge in [-0.2, -0.15) is 4.72 Å². The lowest BCUT2D eigenvalue weighted by atomic mass is 10.2. The molecule has 0 heterocycles. The minimum atomic E-state index is -4.18. The maximum absolute atomic E-state index is 12.1. The smallest absolute Gasteiger partial charge is 0.324 e. The Hall–Kier alpha value is -1.35. The van der Waals surface area contributed by atoms with Gasteiger partial charge in [-0.3, -0.25) is 4.79 Å². The first kappa shape index (κ1) is 16.7. The monoisotopic (exact) mass is 323 g/mol. The molecule has 0 aliphatic rings. The van der Waals surface area contributed by atoms with Crippen molar-refractivity contribution in [1.29, 1.82) is 0 Å². The Morgan fingerprint density at radius 3 is 2.50 bits per heavy atom. The lowest BCUT2D eigenvalue weighted by molar-refractivity contribution is -0.141. The van der Waals surface area contributed by atoms with Gasteiger partial charge in [0.25, 0.3) is 0 Å². The lowest BCUT2D eigenvalue weighted by Crippen LogP contribution is -2.47. The average molecular weight is 324 g/mol. The van der Waals surface area contributed by atoms with Crippen LogP contribution < -0.4 is 9.46 Å². The number of carboxylic acids is 1. The summed E-state index contributed by atoms with van der Waals surface area (Å²) in [4.78, 5) is 10.7. The first-order valence-electron chi connectivity index (χ1n) is 5.45. The molecule has 0 saturated carbocycles. The van der Waals surface area contributed by atoms with E-state index in [-0.39, 0.29) is 15.7 Å². The molecule has 0 aliphatic heterocycles. The predicted octanol–water partition coefficient (Wildman–Crippen LogP) is 0.461. The number of aliphatic hydroxyl groups excluding tert-OH is 1. The maximum atomic E-state index is 12.1. The minimum Gasteiger partial charge on any atom is -0.495 e. The molecule has 3 N–H and O–H groups in total. The van der Waals surface area contributed by atoms with Crippen LogP contribution >= 0.6 is 11.6 Å². The van der Waals surface area contributed by atoms with Gasteiger partial charge >= 0.3 is 5.97 Å². The summed E-state index contributed by atoms with van der Waals surface area (Å²) in [6.45, 7) is 1.17. The molecule has 0 aliphatic carbocycles. The summed E-state index contributed by atoms with van der Waals surface area (Å²) >= 11 is 5.72. The molecule has 9 heteroatoms. The summed E-state index contributed by atoms with van der Waals surface area (Å²) in [6.07, 6.45) is -1.40. The molecule has 0 amide bonds. The number of carbonyl (C=O) groups is 1. The van der Waals surface area contributed by atoms with Crippen LogP contribution in [0.4, 0.5) is 0 Å². The van der Waals surface area contributed by atoms with Gasteiger partial charge in [0.15, 0.2) is 0 Å². The van der Waals surface area contributed by atoms with Gasteiger partial charge in [-0.25, -0.2) is 8.42 Å². The Balaban J connectivity index is 3.20. The summed E-state index contributed by atoms with van der Waals surface area (Å²) in [6, 6.07) is 2.13. The van der Waals surface area contributed by atoms with E-state index in [0.29, 0.717) is 0 Å². The van der Waals surface area contributed by atoms with E-state index >= 15 is 0 Å². The molecule has 0 bridgehead atoms. The Morgan fingerprint density at radius 1 is 1.45 bits per heavy atom. The molecule has 112 valence electrons. The Bertz CT molecular complexity index is 601. The third kappa shape index (κ3) is 3.83. The van der Waals surface area contributed by atoms with Gasteiger partial charge in [-0.15, -0.1) is 0 Å². The quantitative estimate of drug-likeness (QED) is 0.701. The number of ether oxygens (including phenoxy) is 1. The van der Waals surface area contributed by atoms with Gasteiger partial charge in [0.05, 0.1) is 13.2 Å². The van der Waals surface area contributed by atoms with Gasteiger partial charge in [0.2, 0.25) is 10.0 Å². The SMILES string of the molecule is COc1cc(Cl)ccc1S(=O)(=O)NC(C(=O)O)C(C)O. The maximum Gasteiger partial charge on any atom is 0.324 e. The van der Waals surface area contributed by atoms with E-state index in [9.17, 15) is 18.3 Å². The summed E-state index contributed by atoms with van der Waals surface area (Å²) < 4.78 is 31.1. The van der Waals surface area contributed by atoms with Crippen molar-refractivity contribution in [1.82, 2.24) is 4.72 Å². The molecule has 7 nitrogen and oxygen atoms in total. The first-order valence-corrected chi connectivity index (χ1v) is 7.32.